The summed E-state index contributed by atoms with van der Waals surface area (Å²) in [4.78, 5) is 12.6. The summed E-state index contributed by atoms with van der Waals surface area (Å²) >= 11 is 0. The Morgan fingerprint density at radius 2 is 1.92 bits per heavy atom. The van der Waals surface area contributed by atoms with Crippen LogP contribution >= 0.6 is 0 Å². The maximum Gasteiger partial charge on any atom is 0.419 e. The highest BCUT2D eigenvalue weighted by Gasteiger charge is 2.20. The van der Waals surface area contributed by atoms with Crippen molar-refractivity contribution >= 4 is 17.0 Å². The fraction of sp³-hybridized carbons (Fsp3) is 0.364. The van der Waals surface area contributed by atoms with E-state index in [4.69, 9.17) is 4.74 Å². The second-order valence-corrected chi connectivity index (χ2v) is 7.58. The van der Waals surface area contributed by atoms with Gasteiger partial charge in [-0.2, -0.15) is 0 Å². The summed E-state index contributed by atoms with van der Waals surface area (Å²) in [6, 6.07) is 12.2. The van der Waals surface area contributed by atoms with Crippen molar-refractivity contribution < 1.29 is 14.1 Å². The van der Waals surface area contributed by atoms with Gasteiger partial charge in [0.2, 0.25) is 0 Å². The van der Waals surface area contributed by atoms with Crippen LogP contribution in [0.15, 0.2) is 55.0 Å². The predicted molar refractivity (Wildman–Crippen MR) is 103 cm³/mol. The van der Waals surface area contributed by atoms with E-state index >= 15 is 0 Å². The minimum absolute atomic E-state index is 0.333. The molecule has 0 bridgehead atoms. The van der Waals surface area contributed by atoms with Gasteiger partial charge in [0.05, 0.1) is 5.52 Å². The average Bonchev–Trinajstić information content (AvgIpc) is 2.98. The lowest BCUT2D eigenvalue weighted by atomic mass is 10.1. The third kappa shape index (κ3) is 4.13. The normalized spacial score (nSPS) is 11.7. The van der Waals surface area contributed by atoms with Crippen LogP contribution in [0.1, 0.15) is 38.8 Å². The van der Waals surface area contributed by atoms with Crippen LogP contribution in [0.5, 0.6) is 0 Å². The van der Waals surface area contributed by atoms with Crippen molar-refractivity contribution in [1.29, 1.82) is 0 Å². The van der Waals surface area contributed by atoms with Crippen LogP contribution in [-0.4, -0.2) is 16.3 Å². The summed E-state index contributed by atoms with van der Waals surface area (Å²) in [7, 11) is 0. The molecule has 136 valence electrons. The third-order valence-corrected chi connectivity index (χ3v) is 4.35. The number of hydrogen-bond donors (Lipinski definition) is 0. The summed E-state index contributed by atoms with van der Waals surface area (Å²) < 4.78 is 9.39. The molecule has 0 amide bonds. The second-order valence-electron chi connectivity index (χ2n) is 7.58. The number of nitrogens with zero attached hydrogens (tertiary/aromatic N) is 2. The van der Waals surface area contributed by atoms with Crippen LogP contribution in [0.3, 0.4) is 0 Å². The van der Waals surface area contributed by atoms with E-state index in [0.29, 0.717) is 0 Å². The Hall–Kier alpha value is -2.62. The van der Waals surface area contributed by atoms with Crippen LogP contribution in [0.2, 0.25) is 0 Å². The molecule has 0 saturated carbocycles. The Kier molecular flexibility index (Phi) is 5.12. The van der Waals surface area contributed by atoms with Gasteiger partial charge in [0.25, 0.3) is 0 Å². The number of carbonyl (C=O) groups excluding carboxylic acids is 1. The summed E-state index contributed by atoms with van der Waals surface area (Å²) in [6.45, 7) is 8.68. The molecular formula is C22H27N2O2+. The molecule has 4 nitrogen and oxygen atoms in total. The van der Waals surface area contributed by atoms with Gasteiger partial charge in [-0.3, -0.25) is 4.57 Å². The molecule has 26 heavy (non-hydrogen) atoms. The van der Waals surface area contributed by atoms with Crippen molar-refractivity contribution in [3.05, 3.63) is 66.1 Å². The van der Waals surface area contributed by atoms with Gasteiger partial charge >= 0.3 is 6.09 Å². The van der Waals surface area contributed by atoms with Crippen molar-refractivity contribution in [1.82, 2.24) is 4.57 Å². The number of rotatable bonds is 4. The minimum Gasteiger partial charge on any atom is -0.443 e. The highest BCUT2D eigenvalue weighted by Crippen LogP contribution is 2.23. The first-order valence-electron chi connectivity index (χ1n) is 9.17. The summed E-state index contributed by atoms with van der Waals surface area (Å²) in [5, 5.41) is 1.10. The van der Waals surface area contributed by atoms with Gasteiger partial charge in [0, 0.05) is 29.6 Å². The van der Waals surface area contributed by atoms with Crippen molar-refractivity contribution in [3.8, 4) is 0 Å². The first-order chi connectivity index (χ1) is 12.4. The number of carbonyl (C=O) groups is 1. The molecule has 0 radical (unpaired) electrons. The Balaban J connectivity index is 1.88. The van der Waals surface area contributed by atoms with E-state index in [1.165, 1.54) is 5.56 Å². The largest absolute Gasteiger partial charge is 0.443 e. The van der Waals surface area contributed by atoms with Crippen LogP contribution < -0.4 is 4.57 Å². The molecule has 2 heterocycles. The van der Waals surface area contributed by atoms with Gasteiger partial charge < -0.3 is 4.74 Å². The number of aromatic nitrogens is 2. The number of para-hydroxylation sites is 1. The topological polar surface area (TPSA) is 35.1 Å². The summed E-state index contributed by atoms with van der Waals surface area (Å²) in [5.74, 6) is 0. The quantitative estimate of drug-likeness (QED) is 0.648. The Morgan fingerprint density at radius 1 is 1.15 bits per heavy atom. The lowest BCUT2D eigenvalue weighted by Crippen LogP contribution is -2.34. The highest BCUT2D eigenvalue weighted by molar-refractivity contribution is 5.92. The lowest BCUT2D eigenvalue weighted by Gasteiger charge is -2.19. The summed E-state index contributed by atoms with van der Waals surface area (Å²) in [5.41, 5.74) is 2.85. The van der Waals surface area contributed by atoms with Gasteiger partial charge in [-0.05, 0) is 44.9 Å². The SMILES string of the molecule is CCc1ccc[n+](CCc2cn(C(=O)OC(C)(C)C)c3ccccc23)c1. The zero-order valence-corrected chi connectivity index (χ0v) is 16.0. The molecular weight excluding hydrogens is 324 g/mol. The van der Waals surface area contributed by atoms with Crippen molar-refractivity contribution in [2.45, 2.75) is 52.7 Å². The van der Waals surface area contributed by atoms with Crippen LogP contribution in [0.25, 0.3) is 10.9 Å². The monoisotopic (exact) mass is 351 g/mol. The molecule has 3 rings (SSSR count). The van der Waals surface area contributed by atoms with Gasteiger partial charge in [-0.1, -0.05) is 25.1 Å². The maximum absolute atomic E-state index is 12.6. The molecule has 0 N–H and O–H groups in total. The Morgan fingerprint density at radius 3 is 2.65 bits per heavy atom. The molecule has 0 atom stereocenters. The first kappa shape index (κ1) is 18.2. The zero-order valence-electron chi connectivity index (χ0n) is 16.0. The number of hydrogen-bond acceptors (Lipinski definition) is 2. The average molecular weight is 351 g/mol. The Labute approximate surface area is 155 Å². The fourth-order valence-corrected chi connectivity index (χ4v) is 3.09. The van der Waals surface area contributed by atoms with Crippen LogP contribution in [0, 0.1) is 0 Å². The predicted octanol–water partition coefficient (Wildman–Crippen LogP) is 4.52. The standard InChI is InChI=1S/C22H27N2O2/c1-5-17-9-8-13-23(15-17)14-12-18-16-24(21(25)26-22(2,3)4)20-11-7-6-10-19(18)20/h6-11,13,15-16H,5,12,14H2,1-4H3/q+1. The molecule has 0 fully saturated rings. The highest BCUT2D eigenvalue weighted by atomic mass is 16.6. The molecule has 2 aromatic heterocycles. The Bertz CT molecular complexity index is 919. The van der Waals surface area contributed by atoms with Crippen molar-refractivity contribution in [3.63, 3.8) is 0 Å². The number of ether oxygens (including phenoxy) is 1. The molecule has 3 aromatic rings. The maximum atomic E-state index is 12.6. The number of pyridine rings is 1. The van der Waals surface area contributed by atoms with E-state index in [2.05, 4.69) is 42.1 Å². The molecule has 0 aliphatic carbocycles. The van der Waals surface area contributed by atoms with E-state index in [-0.39, 0.29) is 6.09 Å². The van der Waals surface area contributed by atoms with Crippen molar-refractivity contribution in [2.75, 3.05) is 0 Å². The van der Waals surface area contributed by atoms with E-state index in [1.54, 1.807) is 4.57 Å². The second kappa shape index (κ2) is 7.32. The first-order valence-corrected chi connectivity index (χ1v) is 9.17. The molecule has 4 heteroatoms. The lowest BCUT2D eigenvalue weighted by molar-refractivity contribution is -0.696. The zero-order chi connectivity index (χ0) is 18.7. The smallest absolute Gasteiger partial charge is 0.419 e. The van der Waals surface area contributed by atoms with Gasteiger partial charge in [0.15, 0.2) is 18.9 Å². The molecule has 1 aromatic carbocycles. The molecule has 0 unspecified atom stereocenters. The molecule has 0 aliphatic heterocycles. The number of benzene rings is 1. The van der Waals surface area contributed by atoms with Gasteiger partial charge in [0.1, 0.15) is 5.60 Å². The molecule has 0 saturated heterocycles. The third-order valence-electron chi connectivity index (χ3n) is 4.35. The van der Waals surface area contributed by atoms with Crippen molar-refractivity contribution in [2.24, 2.45) is 0 Å². The molecule has 0 aliphatic rings. The van der Waals surface area contributed by atoms with E-state index < -0.39 is 5.60 Å². The number of aryl methyl sites for hydroxylation is 3. The van der Waals surface area contributed by atoms with Gasteiger partial charge in [-0.25, -0.2) is 9.36 Å². The van der Waals surface area contributed by atoms with Crippen LogP contribution in [0.4, 0.5) is 4.79 Å². The van der Waals surface area contributed by atoms with Gasteiger partial charge in [-0.15, -0.1) is 0 Å². The minimum atomic E-state index is -0.515. The fourth-order valence-electron chi connectivity index (χ4n) is 3.09. The summed E-state index contributed by atoms with van der Waals surface area (Å²) in [6.07, 6.45) is 7.75. The number of fused-ring (bicyclic) bond motifs is 1. The van der Waals surface area contributed by atoms with E-state index in [9.17, 15) is 4.79 Å². The van der Waals surface area contributed by atoms with Crippen LogP contribution in [-0.2, 0) is 24.1 Å². The van der Waals surface area contributed by atoms with E-state index in [1.807, 2.05) is 45.2 Å². The molecule has 0 spiro atoms. The van der Waals surface area contributed by atoms with E-state index in [0.717, 1.165) is 35.9 Å².